The highest BCUT2D eigenvalue weighted by Crippen LogP contribution is 2.22. The Morgan fingerprint density at radius 1 is 1.50 bits per heavy atom. The number of ether oxygens (including phenoxy) is 2. The minimum atomic E-state index is -0.412. The van der Waals surface area contributed by atoms with Gasteiger partial charge in [-0.3, -0.25) is 0 Å². The van der Waals surface area contributed by atoms with Gasteiger partial charge in [-0.2, -0.15) is 0 Å². The van der Waals surface area contributed by atoms with Crippen LogP contribution in [0.3, 0.4) is 0 Å². The molecule has 112 valence electrons. The van der Waals surface area contributed by atoms with Gasteiger partial charge in [0.2, 0.25) is 0 Å². The highest BCUT2D eigenvalue weighted by Gasteiger charge is 2.21. The first-order valence-electron chi connectivity index (χ1n) is 6.69. The summed E-state index contributed by atoms with van der Waals surface area (Å²) in [7, 11) is 1.64. The van der Waals surface area contributed by atoms with Crippen LogP contribution in [-0.2, 0) is 9.47 Å². The van der Waals surface area contributed by atoms with Crippen molar-refractivity contribution in [3.8, 4) is 0 Å². The maximum absolute atomic E-state index is 12.0. The number of esters is 1. The predicted molar refractivity (Wildman–Crippen MR) is 79.0 cm³/mol. The molecule has 0 saturated carbocycles. The molecule has 6 nitrogen and oxygen atoms in total. The van der Waals surface area contributed by atoms with E-state index in [1.165, 1.54) is 0 Å². The van der Waals surface area contributed by atoms with E-state index >= 15 is 0 Å². The Bertz CT molecular complexity index is 449. The Kier molecular flexibility index (Phi) is 6.24. The van der Waals surface area contributed by atoms with E-state index in [1.807, 2.05) is 18.7 Å². The van der Waals surface area contributed by atoms with Crippen LogP contribution in [0.25, 0.3) is 0 Å². The average Bonchev–Trinajstić information content (AvgIpc) is 2.40. The van der Waals surface area contributed by atoms with Gasteiger partial charge in [0.05, 0.1) is 25.1 Å². The molecule has 2 N–H and O–H groups in total. The third-order valence-corrected chi connectivity index (χ3v) is 2.81. The van der Waals surface area contributed by atoms with Crippen LogP contribution in [0.1, 0.15) is 31.1 Å². The normalized spacial score (nSPS) is 10.7. The fourth-order valence-corrected chi connectivity index (χ4v) is 1.86. The summed E-state index contributed by atoms with van der Waals surface area (Å²) < 4.78 is 10.2. The van der Waals surface area contributed by atoms with Crippen LogP contribution >= 0.6 is 0 Å². The summed E-state index contributed by atoms with van der Waals surface area (Å²) in [5.74, 6) is 0.162. The Morgan fingerprint density at radius 2 is 2.20 bits per heavy atom. The zero-order chi connectivity index (χ0) is 15.1. The number of hydrogen-bond acceptors (Lipinski definition) is 6. The van der Waals surface area contributed by atoms with Gasteiger partial charge in [-0.25, -0.2) is 9.78 Å². The monoisotopic (exact) mass is 281 g/mol. The van der Waals surface area contributed by atoms with Crippen LogP contribution in [-0.4, -0.2) is 43.9 Å². The van der Waals surface area contributed by atoms with Crippen LogP contribution in [0.2, 0.25) is 0 Å². The van der Waals surface area contributed by atoms with E-state index in [4.69, 9.17) is 15.2 Å². The first-order valence-corrected chi connectivity index (χ1v) is 6.69. The molecule has 0 aromatic carbocycles. The molecule has 0 saturated heterocycles. The molecule has 0 atom stereocenters. The number of anilines is 2. The molecule has 0 aliphatic carbocycles. The lowest BCUT2D eigenvalue weighted by Crippen LogP contribution is -2.36. The standard InChI is InChI=1S/C14H23N3O3/c1-5-20-14(18)12-8-11(15)9-16-13(12)17(10(2)3)6-7-19-4/h8-10H,5-7,15H2,1-4H3. The van der Waals surface area contributed by atoms with Crippen molar-refractivity contribution in [2.24, 2.45) is 0 Å². The molecule has 0 radical (unpaired) electrons. The second-order valence-corrected chi connectivity index (χ2v) is 4.64. The zero-order valence-corrected chi connectivity index (χ0v) is 12.5. The average molecular weight is 281 g/mol. The van der Waals surface area contributed by atoms with Gasteiger partial charge >= 0.3 is 5.97 Å². The van der Waals surface area contributed by atoms with Crippen LogP contribution in [0, 0.1) is 0 Å². The number of nitrogen functional groups attached to an aromatic ring is 1. The van der Waals surface area contributed by atoms with Crippen LogP contribution in [0.15, 0.2) is 12.3 Å². The van der Waals surface area contributed by atoms with E-state index in [2.05, 4.69) is 4.98 Å². The first kappa shape index (κ1) is 16.2. The maximum atomic E-state index is 12.0. The highest BCUT2D eigenvalue weighted by atomic mass is 16.5. The number of aromatic nitrogens is 1. The van der Waals surface area contributed by atoms with E-state index in [9.17, 15) is 4.79 Å². The molecule has 0 unspecified atom stereocenters. The molecule has 1 heterocycles. The fraction of sp³-hybridized carbons (Fsp3) is 0.571. The number of pyridine rings is 1. The predicted octanol–water partition coefficient (Wildman–Crippen LogP) is 1.70. The Labute approximate surface area is 119 Å². The van der Waals surface area contributed by atoms with E-state index < -0.39 is 5.97 Å². The molecule has 0 aliphatic heterocycles. The Balaban J connectivity index is 3.15. The molecule has 0 fully saturated rings. The molecule has 0 aliphatic rings. The smallest absolute Gasteiger partial charge is 0.341 e. The summed E-state index contributed by atoms with van der Waals surface area (Å²) in [6.45, 7) is 7.32. The van der Waals surface area contributed by atoms with Crippen molar-refractivity contribution in [2.75, 3.05) is 37.5 Å². The molecule has 1 rings (SSSR count). The van der Waals surface area contributed by atoms with Crippen molar-refractivity contribution in [3.05, 3.63) is 17.8 Å². The summed E-state index contributed by atoms with van der Waals surface area (Å²) in [5.41, 5.74) is 6.55. The van der Waals surface area contributed by atoms with Crippen LogP contribution in [0.4, 0.5) is 11.5 Å². The van der Waals surface area contributed by atoms with Crippen molar-refractivity contribution in [3.63, 3.8) is 0 Å². The summed E-state index contributed by atoms with van der Waals surface area (Å²) in [4.78, 5) is 18.3. The second-order valence-electron chi connectivity index (χ2n) is 4.64. The lowest BCUT2D eigenvalue weighted by molar-refractivity contribution is 0.0526. The lowest BCUT2D eigenvalue weighted by atomic mass is 10.2. The minimum Gasteiger partial charge on any atom is -0.462 e. The third-order valence-electron chi connectivity index (χ3n) is 2.81. The van der Waals surface area contributed by atoms with E-state index in [-0.39, 0.29) is 6.04 Å². The van der Waals surface area contributed by atoms with Gasteiger partial charge in [-0.05, 0) is 26.8 Å². The van der Waals surface area contributed by atoms with Crippen molar-refractivity contribution in [1.29, 1.82) is 0 Å². The molecule has 20 heavy (non-hydrogen) atoms. The lowest BCUT2D eigenvalue weighted by Gasteiger charge is -2.29. The van der Waals surface area contributed by atoms with Crippen molar-refractivity contribution in [1.82, 2.24) is 4.98 Å². The van der Waals surface area contributed by atoms with Crippen molar-refractivity contribution >= 4 is 17.5 Å². The van der Waals surface area contributed by atoms with Gasteiger partial charge in [0.25, 0.3) is 0 Å². The number of rotatable bonds is 7. The number of nitrogens with two attached hydrogens (primary N) is 1. The Hall–Kier alpha value is -1.82. The summed E-state index contributed by atoms with van der Waals surface area (Å²) >= 11 is 0. The highest BCUT2D eigenvalue weighted by molar-refractivity contribution is 5.95. The van der Waals surface area contributed by atoms with Crippen LogP contribution < -0.4 is 10.6 Å². The molecule has 1 aromatic heterocycles. The van der Waals surface area contributed by atoms with E-state index in [0.717, 1.165) is 0 Å². The quantitative estimate of drug-likeness (QED) is 0.766. The molecule has 0 spiro atoms. The maximum Gasteiger partial charge on any atom is 0.341 e. The molecular formula is C14H23N3O3. The van der Waals surface area contributed by atoms with E-state index in [0.29, 0.717) is 36.8 Å². The van der Waals surface area contributed by atoms with Gasteiger partial charge in [0.1, 0.15) is 11.4 Å². The van der Waals surface area contributed by atoms with Crippen LogP contribution in [0.5, 0.6) is 0 Å². The SMILES string of the molecule is CCOC(=O)c1cc(N)cnc1N(CCOC)C(C)C. The largest absolute Gasteiger partial charge is 0.462 e. The second kappa shape index (κ2) is 7.69. The van der Waals surface area contributed by atoms with Crippen molar-refractivity contribution < 1.29 is 14.3 Å². The van der Waals surface area contributed by atoms with Gasteiger partial charge in [0, 0.05) is 19.7 Å². The van der Waals surface area contributed by atoms with Crippen molar-refractivity contribution in [2.45, 2.75) is 26.8 Å². The van der Waals surface area contributed by atoms with Gasteiger partial charge in [-0.1, -0.05) is 0 Å². The summed E-state index contributed by atoms with van der Waals surface area (Å²) in [6.07, 6.45) is 1.54. The first-order chi connectivity index (χ1) is 9.51. The fourth-order valence-electron chi connectivity index (χ4n) is 1.86. The van der Waals surface area contributed by atoms with Gasteiger partial charge in [-0.15, -0.1) is 0 Å². The molecular weight excluding hydrogens is 258 g/mol. The molecule has 6 heteroatoms. The molecule has 1 aromatic rings. The molecule has 0 amide bonds. The third kappa shape index (κ3) is 4.09. The number of hydrogen-bond donors (Lipinski definition) is 1. The topological polar surface area (TPSA) is 77.7 Å². The number of carbonyl (C=O) groups is 1. The van der Waals surface area contributed by atoms with Gasteiger partial charge in [0.15, 0.2) is 0 Å². The molecule has 0 bridgehead atoms. The summed E-state index contributed by atoms with van der Waals surface area (Å²) in [6, 6.07) is 1.78. The number of carbonyl (C=O) groups excluding carboxylic acids is 1. The zero-order valence-electron chi connectivity index (χ0n) is 12.5. The summed E-state index contributed by atoms with van der Waals surface area (Å²) in [5, 5.41) is 0. The number of nitrogens with zero attached hydrogens (tertiary/aromatic N) is 2. The van der Waals surface area contributed by atoms with E-state index in [1.54, 1.807) is 26.3 Å². The minimum absolute atomic E-state index is 0.175. The number of methoxy groups -OCH3 is 1. The Morgan fingerprint density at radius 3 is 2.75 bits per heavy atom. The van der Waals surface area contributed by atoms with Gasteiger partial charge < -0.3 is 20.1 Å².